The lowest BCUT2D eigenvalue weighted by Gasteiger charge is -2.05. The molecule has 0 radical (unpaired) electrons. The Kier molecular flexibility index (Phi) is 5.00. The molecular weight excluding hydrogens is 343 g/mol. The summed E-state index contributed by atoms with van der Waals surface area (Å²) in [6.07, 6.45) is 0. The quantitative estimate of drug-likeness (QED) is 0.656. The van der Waals surface area contributed by atoms with E-state index in [0.29, 0.717) is 11.4 Å². The maximum Gasteiger partial charge on any atom is 0.325 e. The molecule has 0 saturated heterocycles. The van der Waals surface area contributed by atoms with Crippen molar-refractivity contribution in [1.29, 1.82) is 0 Å². The van der Waals surface area contributed by atoms with Crippen LogP contribution < -0.4 is 16.0 Å². The number of nitrogens with zero attached hydrogens (tertiary/aromatic N) is 1. The molecule has 0 atom stereocenters. The number of halogens is 1. The number of amides is 3. The van der Waals surface area contributed by atoms with Crippen LogP contribution in [0.3, 0.4) is 0 Å². The van der Waals surface area contributed by atoms with Crippen LogP contribution in [0.15, 0.2) is 60.0 Å². The Balaban J connectivity index is 1.60. The fraction of sp³-hybridized carbons (Fsp3) is 0. The highest BCUT2D eigenvalue weighted by Crippen LogP contribution is 2.18. The van der Waals surface area contributed by atoms with Gasteiger partial charge in [-0.1, -0.05) is 24.3 Å². The molecule has 0 spiro atoms. The molecule has 3 rings (SSSR count). The summed E-state index contributed by atoms with van der Waals surface area (Å²) in [5.74, 6) is -0.936. The molecule has 6 nitrogen and oxygen atoms in total. The van der Waals surface area contributed by atoms with Gasteiger partial charge in [0.2, 0.25) is 0 Å². The number of carbonyl (C=O) groups is 2. The van der Waals surface area contributed by atoms with E-state index in [1.165, 1.54) is 23.6 Å². The summed E-state index contributed by atoms with van der Waals surface area (Å²) in [6, 6.07) is 14.0. The third kappa shape index (κ3) is 4.61. The van der Waals surface area contributed by atoms with Gasteiger partial charge in [-0.05, 0) is 30.3 Å². The standard InChI is InChI=1S/C17H13FN4O2S/c18-11-5-4-8-13(9-11)19-15(23)14-10-25-17(21-14)22-16(24)20-12-6-2-1-3-7-12/h1-10H,(H,19,23)(H2,20,21,22,24). The third-order valence-electron chi connectivity index (χ3n) is 3.07. The van der Waals surface area contributed by atoms with Crippen LogP contribution in [-0.2, 0) is 0 Å². The Morgan fingerprint density at radius 1 is 0.920 bits per heavy atom. The maximum absolute atomic E-state index is 13.1. The van der Waals surface area contributed by atoms with Crippen molar-refractivity contribution in [3.63, 3.8) is 0 Å². The van der Waals surface area contributed by atoms with E-state index in [1.54, 1.807) is 30.3 Å². The minimum Gasteiger partial charge on any atom is -0.321 e. The van der Waals surface area contributed by atoms with Gasteiger partial charge in [-0.2, -0.15) is 0 Å². The highest BCUT2D eigenvalue weighted by Gasteiger charge is 2.13. The lowest BCUT2D eigenvalue weighted by atomic mass is 10.3. The van der Waals surface area contributed by atoms with Crippen LogP contribution in [0.2, 0.25) is 0 Å². The van der Waals surface area contributed by atoms with Crippen LogP contribution in [-0.4, -0.2) is 16.9 Å². The van der Waals surface area contributed by atoms with Crippen molar-refractivity contribution in [2.45, 2.75) is 0 Å². The molecule has 0 saturated carbocycles. The number of hydrogen-bond acceptors (Lipinski definition) is 4. The van der Waals surface area contributed by atoms with Crippen LogP contribution in [0.4, 0.5) is 25.7 Å². The number of hydrogen-bond donors (Lipinski definition) is 3. The van der Waals surface area contributed by atoms with Crippen LogP contribution in [0, 0.1) is 5.82 Å². The molecule has 0 aliphatic carbocycles. The second kappa shape index (κ2) is 7.54. The predicted molar refractivity (Wildman–Crippen MR) is 95.6 cm³/mol. The number of aromatic nitrogens is 1. The maximum atomic E-state index is 13.1. The fourth-order valence-corrected chi connectivity index (χ4v) is 2.66. The molecule has 25 heavy (non-hydrogen) atoms. The zero-order chi connectivity index (χ0) is 17.6. The summed E-state index contributed by atoms with van der Waals surface area (Å²) in [5.41, 5.74) is 1.10. The normalized spacial score (nSPS) is 10.1. The number of para-hydroxylation sites is 1. The molecule has 8 heteroatoms. The number of urea groups is 1. The molecule has 0 aliphatic heterocycles. The number of benzene rings is 2. The summed E-state index contributed by atoms with van der Waals surface area (Å²) >= 11 is 1.11. The first kappa shape index (κ1) is 16.6. The first-order valence-corrected chi connectivity index (χ1v) is 8.13. The Labute approximate surface area is 146 Å². The number of thiazole rings is 1. The average molecular weight is 356 g/mol. The molecule has 126 valence electrons. The Morgan fingerprint density at radius 2 is 1.68 bits per heavy atom. The van der Waals surface area contributed by atoms with Gasteiger partial charge < -0.3 is 10.6 Å². The molecule has 3 aromatic rings. The van der Waals surface area contributed by atoms with Crippen molar-refractivity contribution in [3.8, 4) is 0 Å². The van der Waals surface area contributed by atoms with Crippen LogP contribution in [0.1, 0.15) is 10.5 Å². The molecule has 1 aromatic heterocycles. The fourth-order valence-electron chi connectivity index (χ4n) is 1.98. The molecule has 2 aromatic carbocycles. The van der Waals surface area contributed by atoms with Crippen LogP contribution in [0.5, 0.6) is 0 Å². The average Bonchev–Trinajstić information content (AvgIpc) is 3.04. The molecule has 0 unspecified atom stereocenters. The summed E-state index contributed by atoms with van der Waals surface area (Å²) in [5, 5.41) is 9.53. The van der Waals surface area contributed by atoms with Crippen molar-refractivity contribution < 1.29 is 14.0 Å². The number of carbonyl (C=O) groups excluding carboxylic acids is 2. The van der Waals surface area contributed by atoms with Gasteiger partial charge in [0.05, 0.1) is 0 Å². The highest BCUT2D eigenvalue weighted by atomic mass is 32.1. The van der Waals surface area contributed by atoms with E-state index in [-0.39, 0.29) is 10.8 Å². The summed E-state index contributed by atoms with van der Waals surface area (Å²) < 4.78 is 13.1. The Hall–Kier alpha value is -3.26. The minimum absolute atomic E-state index is 0.129. The van der Waals surface area contributed by atoms with Crippen molar-refractivity contribution >= 4 is 39.8 Å². The molecule has 3 N–H and O–H groups in total. The highest BCUT2D eigenvalue weighted by molar-refractivity contribution is 7.14. The first-order chi connectivity index (χ1) is 12.1. The number of anilines is 3. The van der Waals surface area contributed by atoms with Gasteiger partial charge in [-0.15, -0.1) is 11.3 Å². The largest absolute Gasteiger partial charge is 0.325 e. The minimum atomic E-state index is -0.488. The molecule has 0 bridgehead atoms. The SMILES string of the molecule is O=C(Nc1ccccc1)Nc1nc(C(=O)Nc2cccc(F)c2)cs1. The van der Waals surface area contributed by atoms with Crippen molar-refractivity contribution in [1.82, 2.24) is 4.98 Å². The van der Waals surface area contributed by atoms with Gasteiger partial charge in [0.25, 0.3) is 5.91 Å². The van der Waals surface area contributed by atoms with Crippen molar-refractivity contribution in [2.24, 2.45) is 0 Å². The Morgan fingerprint density at radius 3 is 2.44 bits per heavy atom. The van der Waals surface area contributed by atoms with Gasteiger partial charge in [-0.25, -0.2) is 14.2 Å². The zero-order valence-electron chi connectivity index (χ0n) is 12.8. The van der Waals surface area contributed by atoms with Gasteiger partial charge in [0, 0.05) is 16.8 Å². The second-order valence-corrected chi connectivity index (χ2v) is 5.81. The Bertz CT molecular complexity index is 898. The van der Waals surface area contributed by atoms with E-state index in [1.807, 2.05) is 6.07 Å². The van der Waals surface area contributed by atoms with E-state index in [0.717, 1.165) is 11.3 Å². The monoisotopic (exact) mass is 356 g/mol. The van der Waals surface area contributed by atoms with Gasteiger partial charge in [-0.3, -0.25) is 10.1 Å². The van der Waals surface area contributed by atoms with Gasteiger partial charge in [0.15, 0.2) is 5.13 Å². The smallest absolute Gasteiger partial charge is 0.321 e. The summed E-state index contributed by atoms with van der Waals surface area (Å²) in [4.78, 5) is 28.0. The summed E-state index contributed by atoms with van der Waals surface area (Å²) in [7, 11) is 0. The number of rotatable bonds is 4. The predicted octanol–water partition coefficient (Wildman–Crippen LogP) is 4.18. The molecule has 0 fully saturated rings. The molecular formula is C17H13FN4O2S. The topological polar surface area (TPSA) is 83.1 Å². The first-order valence-electron chi connectivity index (χ1n) is 7.25. The molecule has 0 aliphatic rings. The molecule has 1 heterocycles. The van der Waals surface area contributed by atoms with E-state index >= 15 is 0 Å². The van der Waals surface area contributed by atoms with Crippen LogP contribution in [0.25, 0.3) is 0 Å². The van der Waals surface area contributed by atoms with Gasteiger partial charge >= 0.3 is 6.03 Å². The lowest BCUT2D eigenvalue weighted by molar-refractivity contribution is 0.102. The van der Waals surface area contributed by atoms with Crippen molar-refractivity contribution in [2.75, 3.05) is 16.0 Å². The second-order valence-electron chi connectivity index (χ2n) is 4.95. The van der Waals surface area contributed by atoms with E-state index < -0.39 is 17.8 Å². The zero-order valence-corrected chi connectivity index (χ0v) is 13.6. The van der Waals surface area contributed by atoms with E-state index in [2.05, 4.69) is 20.9 Å². The van der Waals surface area contributed by atoms with E-state index in [9.17, 15) is 14.0 Å². The van der Waals surface area contributed by atoms with E-state index in [4.69, 9.17) is 0 Å². The van der Waals surface area contributed by atoms with Crippen molar-refractivity contribution in [3.05, 3.63) is 71.5 Å². The third-order valence-corrected chi connectivity index (χ3v) is 3.83. The molecule has 3 amide bonds. The lowest BCUT2D eigenvalue weighted by Crippen LogP contribution is -2.19. The summed E-state index contributed by atoms with van der Waals surface area (Å²) in [6.45, 7) is 0. The van der Waals surface area contributed by atoms with Gasteiger partial charge in [0.1, 0.15) is 11.5 Å². The van der Waals surface area contributed by atoms with Crippen LogP contribution >= 0.6 is 11.3 Å². The number of nitrogens with one attached hydrogen (secondary N) is 3.